The zero-order valence-electron chi connectivity index (χ0n) is 21.6. The first kappa shape index (κ1) is 26.5. The minimum Gasteiger partial charge on any atom is -0.465 e. The molecule has 1 saturated carbocycles. The van der Waals surface area contributed by atoms with Crippen LogP contribution in [0.1, 0.15) is 66.6 Å². The van der Waals surface area contributed by atoms with Crippen molar-refractivity contribution in [2.24, 2.45) is 11.8 Å². The highest BCUT2D eigenvalue weighted by Crippen LogP contribution is 2.40. The van der Waals surface area contributed by atoms with Gasteiger partial charge in [0.1, 0.15) is 10.6 Å². The Hall–Kier alpha value is -3.59. The Kier molecular flexibility index (Phi) is 8.33. The van der Waals surface area contributed by atoms with Gasteiger partial charge in [0.05, 0.1) is 19.0 Å². The second kappa shape index (κ2) is 11.6. The summed E-state index contributed by atoms with van der Waals surface area (Å²) in [5.41, 5.74) is 2.28. The maximum absolute atomic E-state index is 13.6. The highest BCUT2D eigenvalue weighted by atomic mass is 32.1. The predicted molar refractivity (Wildman–Crippen MR) is 145 cm³/mol. The molecular formula is C28H32N4O4S. The fourth-order valence-corrected chi connectivity index (χ4v) is 5.70. The Bertz CT molecular complexity index is 1250. The van der Waals surface area contributed by atoms with Crippen LogP contribution in [0.3, 0.4) is 0 Å². The predicted octanol–water partition coefficient (Wildman–Crippen LogP) is 5.81. The number of aromatic nitrogens is 2. The highest BCUT2D eigenvalue weighted by molar-refractivity contribution is 7.18. The molecule has 9 heteroatoms. The molecule has 0 spiro atoms. The molecule has 4 rings (SSSR count). The number of esters is 1. The van der Waals surface area contributed by atoms with E-state index in [1.54, 1.807) is 17.0 Å². The number of methoxy groups -OCH3 is 1. The number of hydrogen-bond donors (Lipinski definition) is 1. The SMILES string of the molecule is COC(=O)c1sc(-c2ccc(NC(=O)c3cnccn3)cc2)cc1N(C(=O)[C@H]1CC[C@H](C)CC1)C(C)C. The summed E-state index contributed by atoms with van der Waals surface area (Å²) in [7, 11) is 1.35. The van der Waals surface area contributed by atoms with E-state index in [-0.39, 0.29) is 29.5 Å². The Morgan fingerprint density at radius 3 is 2.38 bits per heavy atom. The summed E-state index contributed by atoms with van der Waals surface area (Å²) in [5.74, 6) is -0.142. The van der Waals surface area contributed by atoms with Crippen LogP contribution in [-0.4, -0.2) is 40.9 Å². The number of nitrogens with zero attached hydrogens (tertiary/aromatic N) is 3. The van der Waals surface area contributed by atoms with Gasteiger partial charge < -0.3 is 15.0 Å². The first-order valence-corrected chi connectivity index (χ1v) is 13.3. The molecule has 1 aromatic carbocycles. The number of nitrogens with one attached hydrogen (secondary N) is 1. The lowest BCUT2D eigenvalue weighted by atomic mass is 9.82. The van der Waals surface area contributed by atoms with E-state index in [9.17, 15) is 14.4 Å². The van der Waals surface area contributed by atoms with Crippen molar-refractivity contribution in [3.8, 4) is 10.4 Å². The minimum absolute atomic E-state index is 0.0374. The highest BCUT2D eigenvalue weighted by Gasteiger charge is 2.33. The largest absolute Gasteiger partial charge is 0.465 e. The van der Waals surface area contributed by atoms with Crippen LogP contribution in [0.15, 0.2) is 48.9 Å². The van der Waals surface area contributed by atoms with Gasteiger partial charge in [-0.05, 0) is 69.2 Å². The monoisotopic (exact) mass is 520 g/mol. The summed E-state index contributed by atoms with van der Waals surface area (Å²) in [5, 5.41) is 2.80. The smallest absolute Gasteiger partial charge is 0.350 e. The fraction of sp³-hybridized carbons (Fsp3) is 0.393. The molecule has 0 aliphatic heterocycles. The molecule has 2 aromatic heterocycles. The van der Waals surface area contributed by atoms with Gasteiger partial charge in [-0.1, -0.05) is 19.1 Å². The third kappa shape index (κ3) is 6.05. The summed E-state index contributed by atoms with van der Waals surface area (Å²) in [6.07, 6.45) is 8.20. The summed E-state index contributed by atoms with van der Waals surface area (Å²) in [6, 6.07) is 9.09. The van der Waals surface area contributed by atoms with Crippen molar-refractivity contribution in [1.82, 2.24) is 9.97 Å². The minimum atomic E-state index is -0.463. The van der Waals surface area contributed by atoms with E-state index in [2.05, 4.69) is 22.2 Å². The average molecular weight is 521 g/mol. The van der Waals surface area contributed by atoms with Crippen LogP contribution < -0.4 is 10.2 Å². The van der Waals surface area contributed by atoms with Gasteiger partial charge in [-0.15, -0.1) is 11.3 Å². The molecule has 37 heavy (non-hydrogen) atoms. The molecule has 1 N–H and O–H groups in total. The Balaban J connectivity index is 1.61. The number of anilines is 2. The van der Waals surface area contributed by atoms with Crippen molar-refractivity contribution in [3.05, 3.63) is 59.5 Å². The standard InChI is InChI=1S/C28H32N4O4S/c1-17(2)32(27(34)20-7-5-18(3)6-8-20)23-15-24(37-25(23)28(35)36-4)19-9-11-21(12-10-19)31-26(33)22-16-29-13-14-30-22/h9-18,20H,5-8H2,1-4H3,(H,31,33)/t18-,20-. The average Bonchev–Trinajstić information content (AvgIpc) is 3.34. The molecule has 8 nitrogen and oxygen atoms in total. The molecule has 3 aromatic rings. The molecular weight excluding hydrogens is 488 g/mol. The third-order valence-electron chi connectivity index (χ3n) is 6.68. The molecule has 194 valence electrons. The molecule has 1 fully saturated rings. The quantitative estimate of drug-likeness (QED) is 0.395. The lowest BCUT2D eigenvalue weighted by Gasteiger charge is -2.33. The van der Waals surface area contributed by atoms with E-state index >= 15 is 0 Å². The van der Waals surface area contributed by atoms with Gasteiger partial charge in [0.2, 0.25) is 5.91 Å². The van der Waals surface area contributed by atoms with Crippen LogP contribution in [0.4, 0.5) is 11.4 Å². The van der Waals surface area contributed by atoms with Gasteiger partial charge in [-0.2, -0.15) is 0 Å². The van der Waals surface area contributed by atoms with E-state index in [0.29, 0.717) is 22.2 Å². The number of thiophene rings is 1. The lowest BCUT2D eigenvalue weighted by molar-refractivity contribution is -0.123. The van der Waals surface area contributed by atoms with Gasteiger partial charge in [0, 0.05) is 34.9 Å². The first-order valence-electron chi connectivity index (χ1n) is 12.5. The zero-order chi connectivity index (χ0) is 26.5. The molecule has 0 atom stereocenters. The summed E-state index contributed by atoms with van der Waals surface area (Å²) in [4.78, 5) is 49.7. The van der Waals surface area contributed by atoms with Crippen LogP contribution >= 0.6 is 11.3 Å². The molecule has 2 heterocycles. The van der Waals surface area contributed by atoms with E-state index < -0.39 is 5.97 Å². The lowest BCUT2D eigenvalue weighted by Crippen LogP contribution is -2.42. The summed E-state index contributed by atoms with van der Waals surface area (Å²) in [6.45, 7) is 6.17. The molecule has 0 radical (unpaired) electrons. The van der Waals surface area contributed by atoms with Gasteiger partial charge >= 0.3 is 5.97 Å². The van der Waals surface area contributed by atoms with Crippen molar-refractivity contribution < 1.29 is 19.1 Å². The van der Waals surface area contributed by atoms with Crippen LogP contribution in [-0.2, 0) is 9.53 Å². The molecule has 0 saturated heterocycles. The molecule has 0 unspecified atom stereocenters. The second-order valence-corrected chi connectivity index (χ2v) is 10.7. The Morgan fingerprint density at radius 2 is 1.78 bits per heavy atom. The summed E-state index contributed by atoms with van der Waals surface area (Å²) < 4.78 is 5.08. The number of rotatable bonds is 7. The second-order valence-electron chi connectivity index (χ2n) is 9.70. The van der Waals surface area contributed by atoms with E-state index in [1.807, 2.05) is 32.0 Å². The van der Waals surface area contributed by atoms with E-state index in [1.165, 1.54) is 37.0 Å². The van der Waals surface area contributed by atoms with Crippen LogP contribution in [0.25, 0.3) is 10.4 Å². The molecule has 0 bridgehead atoms. The fourth-order valence-electron chi connectivity index (χ4n) is 4.63. The van der Waals surface area contributed by atoms with Crippen LogP contribution in [0, 0.1) is 11.8 Å². The van der Waals surface area contributed by atoms with Crippen molar-refractivity contribution >= 4 is 40.5 Å². The van der Waals surface area contributed by atoms with Crippen molar-refractivity contribution in [2.75, 3.05) is 17.3 Å². The van der Waals surface area contributed by atoms with Crippen LogP contribution in [0.5, 0.6) is 0 Å². The Morgan fingerprint density at radius 1 is 1.08 bits per heavy atom. The normalized spacial score (nSPS) is 17.3. The zero-order valence-corrected chi connectivity index (χ0v) is 22.4. The van der Waals surface area contributed by atoms with Crippen LogP contribution in [0.2, 0.25) is 0 Å². The molecule has 1 aliphatic rings. The van der Waals surface area contributed by atoms with Crippen molar-refractivity contribution in [3.63, 3.8) is 0 Å². The number of carbonyl (C=O) groups excluding carboxylic acids is 3. The maximum Gasteiger partial charge on any atom is 0.350 e. The number of hydrogen-bond acceptors (Lipinski definition) is 7. The topological polar surface area (TPSA) is 101 Å². The van der Waals surface area contributed by atoms with E-state index in [4.69, 9.17) is 4.74 Å². The number of ether oxygens (including phenoxy) is 1. The first-order chi connectivity index (χ1) is 17.8. The number of benzene rings is 1. The van der Waals surface area contributed by atoms with Crippen molar-refractivity contribution in [2.45, 2.75) is 52.5 Å². The number of amides is 2. The summed E-state index contributed by atoms with van der Waals surface area (Å²) >= 11 is 1.30. The van der Waals surface area contributed by atoms with Crippen molar-refractivity contribution in [1.29, 1.82) is 0 Å². The molecule has 1 aliphatic carbocycles. The number of carbonyl (C=O) groups is 3. The van der Waals surface area contributed by atoms with Gasteiger partial charge in [-0.25, -0.2) is 9.78 Å². The molecule has 2 amide bonds. The van der Waals surface area contributed by atoms with E-state index in [0.717, 1.165) is 36.1 Å². The Labute approximate surface area is 221 Å². The van der Waals surface area contributed by atoms with Gasteiger partial charge in [-0.3, -0.25) is 14.6 Å². The van der Waals surface area contributed by atoms with Gasteiger partial charge in [0.15, 0.2) is 0 Å². The maximum atomic E-state index is 13.6. The third-order valence-corrected chi connectivity index (χ3v) is 7.84. The van der Waals surface area contributed by atoms with Gasteiger partial charge in [0.25, 0.3) is 5.91 Å².